The van der Waals surface area contributed by atoms with Crippen LogP contribution in [0.3, 0.4) is 0 Å². The molecule has 0 unspecified atom stereocenters. The lowest BCUT2D eigenvalue weighted by Crippen LogP contribution is -2.09. The van der Waals surface area contributed by atoms with E-state index in [4.69, 9.17) is 28.4 Å². The average Bonchev–Trinajstić information content (AvgIpc) is 3.70. The van der Waals surface area contributed by atoms with E-state index in [0.29, 0.717) is 52.9 Å². The Labute approximate surface area is 270 Å². The first-order valence-corrected chi connectivity index (χ1v) is 16.4. The average molecular weight is 627 g/mol. The Hall–Kier alpha value is -3.50. The fourth-order valence-electron chi connectivity index (χ4n) is 6.39. The molecule has 0 saturated heterocycles. The molecule has 0 bridgehead atoms. The Kier molecular flexibility index (Phi) is 11.5. The van der Waals surface area contributed by atoms with Crippen molar-refractivity contribution in [3.05, 3.63) is 73.1 Å². The minimum Gasteiger partial charge on any atom is -0.382 e. The monoisotopic (exact) mass is 626 g/mol. The Morgan fingerprint density at radius 2 is 0.696 bits per heavy atom. The molecular formula is C38H46N2O6. The van der Waals surface area contributed by atoms with Gasteiger partial charge in [-0.2, -0.15) is 0 Å². The van der Waals surface area contributed by atoms with Crippen molar-refractivity contribution in [2.75, 3.05) is 80.3 Å². The molecule has 0 atom stereocenters. The molecule has 0 N–H and O–H groups in total. The second-order valence-corrected chi connectivity index (χ2v) is 11.6. The molecule has 0 radical (unpaired) electrons. The molecule has 0 aliphatic heterocycles. The maximum absolute atomic E-state index is 5.76. The summed E-state index contributed by atoms with van der Waals surface area (Å²) in [7, 11) is 3.36. The van der Waals surface area contributed by atoms with Gasteiger partial charge in [-0.05, 0) is 69.4 Å². The molecule has 0 saturated carbocycles. The van der Waals surface area contributed by atoms with Gasteiger partial charge in [0.1, 0.15) is 0 Å². The molecule has 2 heterocycles. The molecule has 46 heavy (non-hydrogen) atoms. The van der Waals surface area contributed by atoms with Gasteiger partial charge in [0.05, 0.1) is 52.9 Å². The SMILES string of the molecule is COCCOCCOCCCn1ccc2c3ccc4c(ccc5c4ccc4c5ccn4CCCOCCOCCOC)c3ccc21. The van der Waals surface area contributed by atoms with Crippen LogP contribution < -0.4 is 0 Å². The summed E-state index contributed by atoms with van der Waals surface area (Å²) >= 11 is 0. The van der Waals surface area contributed by atoms with Crippen molar-refractivity contribution in [3.8, 4) is 0 Å². The van der Waals surface area contributed by atoms with Crippen LogP contribution in [0.15, 0.2) is 73.1 Å². The van der Waals surface area contributed by atoms with Gasteiger partial charge in [0.25, 0.3) is 0 Å². The van der Waals surface area contributed by atoms with Crippen molar-refractivity contribution < 1.29 is 28.4 Å². The number of methoxy groups -OCH3 is 2. The van der Waals surface area contributed by atoms with E-state index < -0.39 is 0 Å². The zero-order valence-electron chi connectivity index (χ0n) is 27.2. The normalized spacial score (nSPS) is 12.1. The number of benzene rings is 4. The van der Waals surface area contributed by atoms with E-state index >= 15 is 0 Å². The van der Waals surface area contributed by atoms with E-state index in [-0.39, 0.29) is 0 Å². The van der Waals surface area contributed by atoms with Gasteiger partial charge < -0.3 is 37.6 Å². The number of hydrogen-bond acceptors (Lipinski definition) is 6. The first-order chi connectivity index (χ1) is 22.8. The molecule has 0 fully saturated rings. The number of aromatic nitrogens is 2. The first-order valence-electron chi connectivity index (χ1n) is 16.4. The van der Waals surface area contributed by atoms with E-state index in [0.717, 1.165) is 39.1 Å². The molecule has 8 nitrogen and oxygen atoms in total. The van der Waals surface area contributed by atoms with Gasteiger partial charge in [0.2, 0.25) is 0 Å². The highest BCUT2D eigenvalue weighted by Crippen LogP contribution is 2.37. The fourth-order valence-corrected chi connectivity index (χ4v) is 6.39. The maximum Gasteiger partial charge on any atom is 0.0701 e. The van der Waals surface area contributed by atoms with E-state index in [9.17, 15) is 0 Å². The molecule has 6 aromatic rings. The van der Waals surface area contributed by atoms with Crippen LogP contribution in [0.5, 0.6) is 0 Å². The third-order valence-corrected chi connectivity index (χ3v) is 8.68. The summed E-state index contributed by atoms with van der Waals surface area (Å²) in [6.07, 6.45) is 6.32. The Morgan fingerprint density at radius 3 is 1.09 bits per heavy atom. The van der Waals surface area contributed by atoms with Crippen LogP contribution in [0.25, 0.3) is 54.1 Å². The van der Waals surface area contributed by atoms with Crippen molar-refractivity contribution in [1.82, 2.24) is 9.13 Å². The largest absolute Gasteiger partial charge is 0.382 e. The second kappa shape index (κ2) is 16.4. The molecule has 4 aromatic carbocycles. The minimum atomic E-state index is 0.603. The van der Waals surface area contributed by atoms with Crippen LogP contribution in [0.1, 0.15) is 12.8 Å². The van der Waals surface area contributed by atoms with Crippen LogP contribution in [-0.4, -0.2) is 89.4 Å². The number of nitrogens with zero attached hydrogens (tertiary/aromatic N) is 2. The third kappa shape index (κ3) is 7.39. The molecular weight excluding hydrogens is 580 g/mol. The van der Waals surface area contributed by atoms with E-state index in [2.05, 4.69) is 82.2 Å². The van der Waals surface area contributed by atoms with Crippen LogP contribution in [0, 0.1) is 0 Å². The second-order valence-electron chi connectivity index (χ2n) is 11.6. The first kappa shape index (κ1) is 32.4. The van der Waals surface area contributed by atoms with Gasteiger partial charge >= 0.3 is 0 Å². The number of ether oxygens (including phenoxy) is 6. The lowest BCUT2D eigenvalue weighted by atomic mass is 9.94. The highest BCUT2D eigenvalue weighted by Gasteiger charge is 2.12. The zero-order chi connectivity index (χ0) is 31.6. The molecule has 0 aliphatic carbocycles. The summed E-state index contributed by atoms with van der Waals surface area (Å²) in [5.41, 5.74) is 2.53. The van der Waals surface area contributed by atoms with Gasteiger partial charge in [0.15, 0.2) is 0 Å². The summed E-state index contributed by atoms with van der Waals surface area (Å²) < 4.78 is 37.1. The summed E-state index contributed by atoms with van der Waals surface area (Å²) in [6.45, 7) is 8.16. The Balaban J connectivity index is 1.12. The van der Waals surface area contributed by atoms with E-state index in [1.54, 1.807) is 14.2 Å². The molecule has 0 amide bonds. The summed E-state index contributed by atoms with van der Waals surface area (Å²) in [6, 6.07) is 22.8. The molecule has 0 aliphatic rings. The van der Waals surface area contributed by atoms with Gasteiger partial charge in [-0.1, -0.05) is 36.4 Å². The van der Waals surface area contributed by atoms with E-state index in [1.807, 2.05) is 0 Å². The third-order valence-electron chi connectivity index (χ3n) is 8.68. The topological polar surface area (TPSA) is 65.2 Å². The van der Waals surface area contributed by atoms with Gasteiger partial charge in [0, 0.05) is 74.7 Å². The predicted molar refractivity (Wildman–Crippen MR) is 186 cm³/mol. The molecule has 244 valence electrons. The van der Waals surface area contributed by atoms with Crippen molar-refractivity contribution in [1.29, 1.82) is 0 Å². The molecule has 6 rings (SSSR count). The number of hydrogen-bond donors (Lipinski definition) is 0. The Bertz CT molecular complexity index is 1720. The van der Waals surface area contributed by atoms with Crippen molar-refractivity contribution in [2.45, 2.75) is 25.9 Å². The van der Waals surface area contributed by atoms with Gasteiger partial charge in [-0.25, -0.2) is 0 Å². The lowest BCUT2D eigenvalue weighted by Gasteiger charge is -2.11. The predicted octanol–water partition coefficient (Wildman–Crippen LogP) is 7.20. The molecule has 2 aromatic heterocycles. The van der Waals surface area contributed by atoms with Crippen molar-refractivity contribution in [2.24, 2.45) is 0 Å². The van der Waals surface area contributed by atoms with Crippen molar-refractivity contribution in [3.63, 3.8) is 0 Å². The maximum atomic E-state index is 5.76. The van der Waals surface area contributed by atoms with Gasteiger partial charge in [-0.15, -0.1) is 0 Å². The zero-order valence-corrected chi connectivity index (χ0v) is 27.2. The highest BCUT2D eigenvalue weighted by molar-refractivity contribution is 6.24. The van der Waals surface area contributed by atoms with Gasteiger partial charge in [-0.3, -0.25) is 0 Å². The Morgan fingerprint density at radius 1 is 0.370 bits per heavy atom. The lowest BCUT2D eigenvalue weighted by molar-refractivity contribution is 0.0237. The van der Waals surface area contributed by atoms with Crippen LogP contribution >= 0.6 is 0 Å². The minimum absolute atomic E-state index is 0.603. The number of aryl methyl sites for hydroxylation is 2. The smallest absolute Gasteiger partial charge is 0.0701 e. The molecule has 8 heteroatoms. The summed E-state index contributed by atoms with van der Waals surface area (Å²) in [5, 5.41) is 10.4. The highest BCUT2D eigenvalue weighted by atomic mass is 16.5. The standard InChI is InChI=1S/C38H46N2O6/c1-41-21-23-45-27-25-43-19-3-15-39-17-13-35-33-7-5-30-29(31(33)9-11-37(35)39)6-8-34-32(30)10-12-38-36(34)14-18-40(38)16-4-20-44-26-28-46-24-22-42-2/h5-14,17-18H,3-4,15-16,19-28H2,1-2H3. The summed E-state index contributed by atoms with van der Waals surface area (Å²) in [4.78, 5) is 0. The van der Waals surface area contributed by atoms with Crippen molar-refractivity contribution >= 4 is 54.1 Å². The van der Waals surface area contributed by atoms with Crippen LogP contribution in [0.2, 0.25) is 0 Å². The quantitative estimate of drug-likeness (QED) is 0.0660. The number of rotatable bonds is 20. The summed E-state index contributed by atoms with van der Waals surface area (Å²) in [5.74, 6) is 0. The van der Waals surface area contributed by atoms with E-state index in [1.165, 1.54) is 54.1 Å². The van der Waals surface area contributed by atoms with Crippen LogP contribution in [-0.2, 0) is 41.5 Å². The van der Waals surface area contributed by atoms with Crippen LogP contribution in [0.4, 0.5) is 0 Å². The molecule has 0 spiro atoms. The fraction of sp³-hybridized carbons (Fsp3) is 0.421. The number of fused-ring (bicyclic) bond motifs is 9.